The summed E-state index contributed by atoms with van der Waals surface area (Å²) in [6, 6.07) is 18.2. The lowest BCUT2D eigenvalue weighted by Crippen LogP contribution is -2.24. The van der Waals surface area contributed by atoms with Crippen molar-refractivity contribution in [3.05, 3.63) is 71.4 Å². The number of benzene rings is 2. The first-order valence-electron chi connectivity index (χ1n) is 9.80. The number of carbonyl (C=O) groups excluding carboxylic acids is 1. The molecule has 1 fully saturated rings. The van der Waals surface area contributed by atoms with E-state index in [2.05, 4.69) is 62.0 Å². The summed E-state index contributed by atoms with van der Waals surface area (Å²) in [5, 5.41) is 4.47. The van der Waals surface area contributed by atoms with Gasteiger partial charge in [-0.05, 0) is 54.4 Å². The minimum absolute atomic E-state index is 0.0203. The fourth-order valence-corrected chi connectivity index (χ4v) is 4.83. The number of aromatic nitrogens is 1. The van der Waals surface area contributed by atoms with Crippen molar-refractivity contribution in [2.75, 3.05) is 6.54 Å². The molecule has 1 saturated carbocycles. The van der Waals surface area contributed by atoms with Crippen LogP contribution in [0.2, 0.25) is 0 Å². The van der Waals surface area contributed by atoms with Gasteiger partial charge in [0.2, 0.25) is 0 Å². The molecule has 4 rings (SSSR count). The van der Waals surface area contributed by atoms with Gasteiger partial charge in [0.15, 0.2) is 0 Å². The third-order valence-corrected chi connectivity index (χ3v) is 6.59. The zero-order valence-corrected chi connectivity index (χ0v) is 16.6. The SMILES string of the molecule is Cc1c([C@@H]2[C@@H](CCNC(=O)c3ccccc3)C2(C)C)c2ccccc2n1C. The minimum atomic E-state index is 0.0203. The number of aryl methyl sites for hydroxylation is 1. The summed E-state index contributed by atoms with van der Waals surface area (Å²) in [5.74, 6) is 1.17. The number of hydrogen-bond donors (Lipinski definition) is 1. The molecule has 0 bridgehead atoms. The second-order valence-electron chi connectivity index (χ2n) is 8.39. The minimum Gasteiger partial charge on any atom is -0.352 e. The van der Waals surface area contributed by atoms with E-state index in [9.17, 15) is 4.79 Å². The van der Waals surface area contributed by atoms with Crippen molar-refractivity contribution in [2.24, 2.45) is 18.4 Å². The summed E-state index contributed by atoms with van der Waals surface area (Å²) >= 11 is 0. The fraction of sp³-hybridized carbons (Fsp3) is 0.375. The molecule has 3 aromatic rings. The van der Waals surface area contributed by atoms with E-state index in [1.807, 2.05) is 30.3 Å². The summed E-state index contributed by atoms with van der Waals surface area (Å²) in [5.41, 5.74) is 5.17. The molecule has 1 N–H and O–H groups in total. The summed E-state index contributed by atoms with van der Waals surface area (Å²) < 4.78 is 2.31. The van der Waals surface area contributed by atoms with E-state index in [0.717, 1.165) is 18.5 Å². The van der Waals surface area contributed by atoms with Crippen LogP contribution in [0.5, 0.6) is 0 Å². The van der Waals surface area contributed by atoms with Gasteiger partial charge < -0.3 is 9.88 Å². The normalized spacial score (nSPS) is 20.6. The monoisotopic (exact) mass is 360 g/mol. The van der Waals surface area contributed by atoms with Crippen molar-refractivity contribution < 1.29 is 4.79 Å². The van der Waals surface area contributed by atoms with E-state index in [-0.39, 0.29) is 11.3 Å². The average Bonchev–Trinajstić information content (AvgIpc) is 3.11. The number of carbonyl (C=O) groups is 1. The second-order valence-corrected chi connectivity index (χ2v) is 8.39. The number of fused-ring (bicyclic) bond motifs is 1. The maximum Gasteiger partial charge on any atom is 0.251 e. The molecule has 2 aromatic carbocycles. The second kappa shape index (κ2) is 6.56. The molecule has 1 amide bonds. The quantitative estimate of drug-likeness (QED) is 0.679. The van der Waals surface area contributed by atoms with E-state index in [4.69, 9.17) is 0 Å². The molecule has 1 aliphatic carbocycles. The first-order chi connectivity index (χ1) is 12.9. The largest absolute Gasteiger partial charge is 0.352 e. The topological polar surface area (TPSA) is 34.0 Å². The van der Waals surface area contributed by atoms with Crippen molar-refractivity contribution in [3.63, 3.8) is 0 Å². The first-order valence-corrected chi connectivity index (χ1v) is 9.80. The van der Waals surface area contributed by atoms with Crippen molar-refractivity contribution in [3.8, 4) is 0 Å². The van der Waals surface area contributed by atoms with Crippen LogP contribution in [0.4, 0.5) is 0 Å². The summed E-state index contributed by atoms with van der Waals surface area (Å²) in [4.78, 5) is 12.3. The lowest BCUT2D eigenvalue weighted by molar-refractivity contribution is 0.0952. The number of nitrogens with one attached hydrogen (secondary N) is 1. The predicted octanol–water partition coefficient (Wildman–Crippen LogP) is 5.05. The Kier molecular flexibility index (Phi) is 4.33. The van der Waals surface area contributed by atoms with Crippen LogP contribution in [0.1, 0.15) is 47.8 Å². The van der Waals surface area contributed by atoms with Crippen LogP contribution in [0.3, 0.4) is 0 Å². The van der Waals surface area contributed by atoms with Crippen LogP contribution in [0.25, 0.3) is 10.9 Å². The van der Waals surface area contributed by atoms with Gasteiger partial charge in [-0.1, -0.05) is 50.2 Å². The van der Waals surface area contributed by atoms with Gasteiger partial charge in [0.05, 0.1) is 0 Å². The Balaban J connectivity index is 1.49. The molecule has 1 heterocycles. The van der Waals surface area contributed by atoms with Gasteiger partial charge in [-0.25, -0.2) is 0 Å². The number of hydrogen-bond acceptors (Lipinski definition) is 1. The standard InChI is InChI=1S/C24H28N2O/c1-16-21(18-12-8-9-13-20(18)26(16)4)22-19(24(22,2)3)14-15-25-23(27)17-10-6-5-7-11-17/h5-13,19,22H,14-15H2,1-4H3,(H,25,27)/t19-,22+/m1/s1. The molecule has 0 aliphatic heterocycles. The van der Waals surface area contributed by atoms with Crippen LogP contribution in [0.15, 0.2) is 54.6 Å². The highest BCUT2D eigenvalue weighted by Gasteiger charge is 2.58. The molecule has 3 nitrogen and oxygen atoms in total. The molecule has 1 aliphatic rings. The highest BCUT2D eigenvalue weighted by atomic mass is 16.1. The molecule has 27 heavy (non-hydrogen) atoms. The van der Waals surface area contributed by atoms with Crippen LogP contribution in [-0.2, 0) is 7.05 Å². The molecule has 0 radical (unpaired) electrons. The lowest BCUT2D eigenvalue weighted by Gasteiger charge is -2.06. The van der Waals surface area contributed by atoms with Crippen LogP contribution >= 0.6 is 0 Å². The Morgan fingerprint density at radius 3 is 2.48 bits per heavy atom. The Hall–Kier alpha value is -2.55. The fourth-order valence-electron chi connectivity index (χ4n) is 4.83. The Morgan fingerprint density at radius 1 is 1.07 bits per heavy atom. The zero-order valence-electron chi connectivity index (χ0n) is 16.6. The highest BCUT2D eigenvalue weighted by molar-refractivity contribution is 5.94. The maximum absolute atomic E-state index is 12.3. The number of para-hydroxylation sites is 1. The van der Waals surface area contributed by atoms with E-state index in [0.29, 0.717) is 11.8 Å². The van der Waals surface area contributed by atoms with Crippen molar-refractivity contribution in [1.82, 2.24) is 9.88 Å². The van der Waals surface area contributed by atoms with Gasteiger partial charge in [-0.3, -0.25) is 4.79 Å². The highest BCUT2D eigenvalue weighted by Crippen LogP contribution is 2.67. The Bertz CT molecular complexity index is 984. The average molecular weight is 361 g/mol. The maximum atomic E-state index is 12.3. The van der Waals surface area contributed by atoms with Crippen molar-refractivity contribution >= 4 is 16.8 Å². The molecular weight excluding hydrogens is 332 g/mol. The van der Waals surface area contributed by atoms with Gasteiger partial charge in [-0.2, -0.15) is 0 Å². The van der Waals surface area contributed by atoms with Gasteiger partial charge in [-0.15, -0.1) is 0 Å². The summed E-state index contributed by atoms with van der Waals surface area (Å²) in [6.45, 7) is 7.69. The van der Waals surface area contributed by atoms with E-state index >= 15 is 0 Å². The molecule has 1 aromatic heterocycles. The van der Waals surface area contributed by atoms with E-state index in [1.165, 1.54) is 22.2 Å². The van der Waals surface area contributed by atoms with Crippen molar-refractivity contribution in [2.45, 2.75) is 33.1 Å². The molecule has 3 heteroatoms. The number of amides is 1. The number of rotatable bonds is 5. The third kappa shape index (κ3) is 2.95. The molecule has 140 valence electrons. The molecule has 0 unspecified atom stereocenters. The zero-order chi connectivity index (χ0) is 19.2. The predicted molar refractivity (Wildman–Crippen MR) is 111 cm³/mol. The van der Waals surface area contributed by atoms with Gasteiger partial charge in [0.25, 0.3) is 5.91 Å². The molecular formula is C24H28N2O. The van der Waals surface area contributed by atoms with Crippen molar-refractivity contribution in [1.29, 1.82) is 0 Å². The van der Waals surface area contributed by atoms with Crippen LogP contribution in [0, 0.1) is 18.3 Å². The Morgan fingerprint density at radius 2 is 1.74 bits per heavy atom. The van der Waals surface area contributed by atoms with Crippen LogP contribution < -0.4 is 5.32 Å². The molecule has 0 saturated heterocycles. The summed E-state index contributed by atoms with van der Waals surface area (Å²) in [7, 11) is 2.16. The third-order valence-electron chi connectivity index (χ3n) is 6.59. The Labute approximate surface area is 161 Å². The number of nitrogens with zero attached hydrogens (tertiary/aromatic N) is 1. The molecule has 2 atom stereocenters. The van der Waals surface area contributed by atoms with Crippen LogP contribution in [-0.4, -0.2) is 17.0 Å². The van der Waals surface area contributed by atoms with E-state index < -0.39 is 0 Å². The first kappa shape index (κ1) is 17.8. The summed E-state index contributed by atoms with van der Waals surface area (Å²) in [6.07, 6.45) is 1.01. The van der Waals surface area contributed by atoms with Gasteiger partial charge in [0.1, 0.15) is 0 Å². The lowest BCUT2D eigenvalue weighted by atomic mass is 10.0. The molecule has 0 spiro atoms. The van der Waals surface area contributed by atoms with Gasteiger partial charge >= 0.3 is 0 Å². The smallest absolute Gasteiger partial charge is 0.251 e. The van der Waals surface area contributed by atoms with Gasteiger partial charge in [0, 0.05) is 35.8 Å². The van der Waals surface area contributed by atoms with E-state index in [1.54, 1.807) is 0 Å².